The number of nitrogens with one attached hydrogen (secondary N) is 1. The molecule has 0 radical (unpaired) electrons. The van der Waals surface area contributed by atoms with E-state index in [0.29, 0.717) is 13.1 Å². The van der Waals surface area contributed by atoms with Crippen molar-refractivity contribution in [2.45, 2.75) is 25.5 Å². The number of carbonyl (C=O) groups is 1. The summed E-state index contributed by atoms with van der Waals surface area (Å²) in [5.74, 6) is -0.0276. The lowest BCUT2D eigenvalue weighted by Gasteiger charge is -2.09. The van der Waals surface area contributed by atoms with Crippen molar-refractivity contribution in [1.82, 2.24) is 5.32 Å². The summed E-state index contributed by atoms with van der Waals surface area (Å²) >= 11 is 1.45. The highest BCUT2D eigenvalue weighted by atomic mass is 32.1. The summed E-state index contributed by atoms with van der Waals surface area (Å²) in [5, 5.41) is 2.88. The maximum absolute atomic E-state index is 11.7. The van der Waals surface area contributed by atoms with E-state index >= 15 is 0 Å². The van der Waals surface area contributed by atoms with E-state index in [2.05, 4.69) is 5.32 Å². The van der Waals surface area contributed by atoms with Gasteiger partial charge in [-0.25, -0.2) is 0 Å². The van der Waals surface area contributed by atoms with Crippen molar-refractivity contribution >= 4 is 17.2 Å². The van der Waals surface area contributed by atoms with Gasteiger partial charge in [0.15, 0.2) is 0 Å². The quantitative estimate of drug-likeness (QED) is 0.828. The summed E-state index contributed by atoms with van der Waals surface area (Å²) in [6.07, 6.45) is 2.33. The minimum Gasteiger partial charge on any atom is -0.376 e. The molecular weight excluding hydrogens is 224 g/mol. The maximum Gasteiger partial charge on any atom is 0.261 e. The minimum atomic E-state index is -0.0276. The summed E-state index contributed by atoms with van der Waals surface area (Å²) in [6.45, 7) is 1.91. The van der Waals surface area contributed by atoms with Gasteiger partial charge in [-0.15, -0.1) is 11.3 Å². The van der Waals surface area contributed by atoms with Gasteiger partial charge < -0.3 is 15.8 Å². The number of ether oxygens (including phenoxy) is 1. The number of thiophene rings is 1. The fraction of sp³-hybridized carbons (Fsp3) is 0.545. The number of nitrogens with two attached hydrogens (primary N) is 1. The van der Waals surface area contributed by atoms with Crippen LogP contribution in [0.2, 0.25) is 0 Å². The number of carbonyl (C=O) groups excluding carboxylic acids is 1. The molecule has 1 aromatic heterocycles. The predicted molar refractivity (Wildman–Crippen MR) is 63.5 cm³/mol. The average molecular weight is 240 g/mol. The Balaban J connectivity index is 1.82. The van der Waals surface area contributed by atoms with E-state index in [1.54, 1.807) is 0 Å². The van der Waals surface area contributed by atoms with Crippen molar-refractivity contribution in [1.29, 1.82) is 0 Å². The minimum absolute atomic E-state index is 0.0276. The van der Waals surface area contributed by atoms with E-state index in [9.17, 15) is 4.79 Å². The van der Waals surface area contributed by atoms with Crippen molar-refractivity contribution in [3.63, 3.8) is 0 Å². The summed E-state index contributed by atoms with van der Waals surface area (Å²) in [7, 11) is 0. The van der Waals surface area contributed by atoms with Crippen LogP contribution in [0.25, 0.3) is 0 Å². The molecule has 0 bridgehead atoms. The first-order chi connectivity index (χ1) is 7.79. The molecule has 0 saturated carbocycles. The van der Waals surface area contributed by atoms with Crippen LogP contribution in [0.1, 0.15) is 27.4 Å². The third-order valence-corrected chi connectivity index (χ3v) is 3.71. The molecule has 5 heteroatoms. The zero-order valence-corrected chi connectivity index (χ0v) is 9.89. The van der Waals surface area contributed by atoms with Gasteiger partial charge in [-0.1, -0.05) is 0 Å². The molecule has 1 aromatic rings. The molecule has 16 heavy (non-hydrogen) atoms. The molecule has 1 aliphatic heterocycles. The van der Waals surface area contributed by atoms with Crippen LogP contribution in [0, 0.1) is 0 Å². The Morgan fingerprint density at radius 3 is 3.12 bits per heavy atom. The standard InChI is InChI=1S/C11H16N2O2S/c12-6-9-3-4-10(16-9)11(14)13-7-8-2-1-5-15-8/h3-4,8H,1-2,5-7,12H2,(H,13,14). The van der Waals surface area contributed by atoms with Crippen molar-refractivity contribution in [3.05, 3.63) is 21.9 Å². The summed E-state index contributed by atoms with van der Waals surface area (Å²) in [6, 6.07) is 3.71. The second kappa shape index (κ2) is 5.43. The fourth-order valence-corrected chi connectivity index (χ4v) is 2.51. The molecule has 2 rings (SSSR count). The van der Waals surface area contributed by atoms with Crippen LogP contribution in [-0.2, 0) is 11.3 Å². The van der Waals surface area contributed by atoms with Crippen LogP contribution in [-0.4, -0.2) is 25.2 Å². The number of hydrogen-bond donors (Lipinski definition) is 2. The lowest BCUT2D eigenvalue weighted by Crippen LogP contribution is -2.31. The topological polar surface area (TPSA) is 64.4 Å². The fourth-order valence-electron chi connectivity index (χ4n) is 1.71. The summed E-state index contributed by atoms with van der Waals surface area (Å²) < 4.78 is 5.43. The third kappa shape index (κ3) is 2.81. The summed E-state index contributed by atoms with van der Waals surface area (Å²) in [4.78, 5) is 13.5. The van der Waals surface area contributed by atoms with Gasteiger partial charge in [-0.05, 0) is 25.0 Å². The zero-order chi connectivity index (χ0) is 11.4. The van der Waals surface area contributed by atoms with E-state index < -0.39 is 0 Å². The van der Waals surface area contributed by atoms with Gasteiger partial charge in [0.1, 0.15) is 0 Å². The van der Waals surface area contributed by atoms with Gasteiger partial charge in [0.2, 0.25) is 0 Å². The van der Waals surface area contributed by atoms with Crippen LogP contribution in [0.3, 0.4) is 0 Å². The lowest BCUT2D eigenvalue weighted by atomic mass is 10.2. The zero-order valence-electron chi connectivity index (χ0n) is 9.07. The number of hydrogen-bond acceptors (Lipinski definition) is 4. The highest BCUT2D eigenvalue weighted by Gasteiger charge is 2.17. The van der Waals surface area contributed by atoms with Gasteiger partial charge in [0.25, 0.3) is 5.91 Å². The van der Waals surface area contributed by atoms with E-state index in [1.807, 2.05) is 12.1 Å². The Bertz CT molecular complexity index is 359. The molecule has 0 aliphatic carbocycles. The molecule has 0 spiro atoms. The third-order valence-electron chi connectivity index (χ3n) is 2.60. The molecule has 3 N–H and O–H groups in total. The average Bonchev–Trinajstić information content (AvgIpc) is 2.96. The monoisotopic (exact) mass is 240 g/mol. The second-order valence-corrected chi connectivity index (χ2v) is 4.98. The normalized spacial score (nSPS) is 19.9. The Morgan fingerprint density at radius 1 is 1.62 bits per heavy atom. The van der Waals surface area contributed by atoms with Gasteiger partial charge in [0, 0.05) is 24.6 Å². The predicted octanol–water partition coefficient (Wildman–Crippen LogP) is 1.12. The van der Waals surface area contributed by atoms with E-state index in [4.69, 9.17) is 10.5 Å². The largest absolute Gasteiger partial charge is 0.376 e. The molecule has 0 aromatic carbocycles. The first-order valence-electron chi connectivity index (χ1n) is 5.48. The van der Waals surface area contributed by atoms with Crippen LogP contribution in [0.5, 0.6) is 0 Å². The summed E-state index contributed by atoms with van der Waals surface area (Å²) in [5.41, 5.74) is 5.50. The van der Waals surface area contributed by atoms with Crippen molar-refractivity contribution in [2.24, 2.45) is 5.73 Å². The van der Waals surface area contributed by atoms with E-state index in [1.165, 1.54) is 11.3 Å². The Hall–Kier alpha value is -0.910. The first kappa shape index (κ1) is 11.6. The van der Waals surface area contributed by atoms with E-state index in [-0.39, 0.29) is 12.0 Å². The number of rotatable bonds is 4. The molecule has 1 amide bonds. The molecule has 1 unspecified atom stereocenters. The van der Waals surface area contributed by atoms with Gasteiger partial charge >= 0.3 is 0 Å². The van der Waals surface area contributed by atoms with Crippen LogP contribution in [0.15, 0.2) is 12.1 Å². The molecule has 1 aliphatic rings. The highest BCUT2D eigenvalue weighted by molar-refractivity contribution is 7.14. The van der Waals surface area contributed by atoms with Crippen LogP contribution >= 0.6 is 11.3 Å². The lowest BCUT2D eigenvalue weighted by molar-refractivity contribution is 0.0861. The number of amides is 1. The highest BCUT2D eigenvalue weighted by Crippen LogP contribution is 2.16. The van der Waals surface area contributed by atoms with Crippen LogP contribution < -0.4 is 11.1 Å². The molecule has 1 atom stereocenters. The van der Waals surface area contributed by atoms with Crippen LogP contribution in [0.4, 0.5) is 0 Å². The van der Waals surface area contributed by atoms with Crippen molar-refractivity contribution < 1.29 is 9.53 Å². The smallest absolute Gasteiger partial charge is 0.261 e. The van der Waals surface area contributed by atoms with Crippen molar-refractivity contribution in [3.8, 4) is 0 Å². The van der Waals surface area contributed by atoms with Gasteiger partial charge in [-0.2, -0.15) is 0 Å². The second-order valence-electron chi connectivity index (χ2n) is 3.82. The first-order valence-corrected chi connectivity index (χ1v) is 6.30. The van der Waals surface area contributed by atoms with E-state index in [0.717, 1.165) is 29.2 Å². The maximum atomic E-state index is 11.7. The molecule has 88 valence electrons. The SMILES string of the molecule is NCc1ccc(C(=O)NCC2CCCO2)s1. The molecule has 4 nitrogen and oxygen atoms in total. The van der Waals surface area contributed by atoms with Gasteiger partial charge in [0.05, 0.1) is 11.0 Å². The van der Waals surface area contributed by atoms with Crippen molar-refractivity contribution in [2.75, 3.05) is 13.2 Å². The Kier molecular flexibility index (Phi) is 3.93. The molecular formula is C11H16N2O2S. The Labute approximate surface area is 98.8 Å². The molecule has 1 saturated heterocycles. The molecule has 1 fully saturated rings. The van der Waals surface area contributed by atoms with Gasteiger partial charge in [-0.3, -0.25) is 4.79 Å². The molecule has 2 heterocycles. The Morgan fingerprint density at radius 2 is 2.50 bits per heavy atom.